The molecule has 1 aromatic rings. The maximum absolute atomic E-state index is 4.33. The summed E-state index contributed by atoms with van der Waals surface area (Å²) in [5, 5.41) is 0. The van der Waals surface area contributed by atoms with Gasteiger partial charge in [0.05, 0.1) is 0 Å². The molecule has 0 radical (unpaired) electrons. The maximum Gasteiger partial charge on any atom is 0.225 e. The highest BCUT2D eigenvalue weighted by Crippen LogP contribution is 2.10. The molecular formula is C13H22N4. The van der Waals surface area contributed by atoms with Gasteiger partial charge in [-0.25, -0.2) is 9.97 Å². The molecular weight excluding hydrogens is 212 g/mol. The molecule has 17 heavy (non-hydrogen) atoms. The summed E-state index contributed by atoms with van der Waals surface area (Å²) in [6.07, 6.45) is 7.44. The molecule has 1 aliphatic heterocycles. The average molecular weight is 234 g/mol. The Morgan fingerprint density at radius 1 is 1.12 bits per heavy atom. The first-order valence-corrected chi connectivity index (χ1v) is 6.64. The number of hydrogen-bond donors (Lipinski definition) is 0. The number of aromatic nitrogens is 2. The fraction of sp³-hybridized carbons (Fsp3) is 0.692. The molecule has 2 rings (SSSR count). The minimum absolute atomic E-state index is 0.879. The smallest absolute Gasteiger partial charge is 0.225 e. The van der Waals surface area contributed by atoms with E-state index in [1.54, 1.807) is 0 Å². The SMILES string of the molecule is CCCCN1CCCN(c2ncccn2)CC1. The van der Waals surface area contributed by atoms with Gasteiger partial charge < -0.3 is 9.80 Å². The summed E-state index contributed by atoms with van der Waals surface area (Å²) < 4.78 is 0. The van der Waals surface area contributed by atoms with Crippen molar-refractivity contribution in [3.8, 4) is 0 Å². The minimum atomic E-state index is 0.879. The molecule has 0 spiro atoms. The van der Waals surface area contributed by atoms with E-state index in [-0.39, 0.29) is 0 Å². The van der Waals surface area contributed by atoms with Crippen LogP contribution in [0.25, 0.3) is 0 Å². The molecule has 2 heterocycles. The summed E-state index contributed by atoms with van der Waals surface area (Å²) in [5.74, 6) is 0.879. The Kier molecular flexibility index (Phi) is 4.74. The third-order valence-electron chi connectivity index (χ3n) is 3.25. The Morgan fingerprint density at radius 3 is 2.71 bits per heavy atom. The van der Waals surface area contributed by atoms with Crippen LogP contribution in [0.1, 0.15) is 26.2 Å². The van der Waals surface area contributed by atoms with Gasteiger partial charge in [-0.3, -0.25) is 0 Å². The van der Waals surface area contributed by atoms with E-state index in [0.29, 0.717) is 0 Å². The van der Waals surface area contributed by atoms with Crippen molar-refractivity contribution >= 4 is 5.95 Å². The molecule has 4 heteroatoms. The Balaban J connectivity index is 1.87. The van der Waals surface area contributed by atoms with Gasteiger partial charge in [-0.15, -0.1) is 0 Å². The van der Waals surface area contributed by atoms with Crippen LogP contribution >= 0.6 is 0 Å². The number of unbranched alkanes of at least 4 members (excludes halogenated alkanes) is 1. The predicted octanol–water partition coefficient (Wildman–Crippen LogP) is 1.79. The van der Waals surface area contributed by atoms with Crippen molar-refractivity contribution in [2.75, 3.05) is 37.6 Å². The monoisotopic (exact) mass is 234 g/mol. The van der Waals surface area contributed by atoms with Crippen molar-refractivity contribution in [3.63, 3.8) is 0 Å². The fourth-order valence-corrected chi connectivity index (χ4v) is 2.23. The lowest BCUT2D eigenvalue weighted by Gasteiger charge is -2.21. The molecule has 1 aliphatic rings. The van der Waals surface area contributed by atoms with Crippen LogP contribution in [0.4, 0.5) is 5.95 Å². The van der Waals surface area contributed by atoms with E-state index < -0.39 is 0 Å². The topological polar surface area (TPSA) is 32.3 Å². The fourth-order valence-electron chi connectivity index (χ4n) is 2.23. The quantitative estimate of drug-likeness (QED) is 0.795. The van der Waals surface area contributed by atoms with Crippen molar-refractivity contribution in [2.24, 2.45) is 0 Å². The van der Waals surface area contributed by atoms with Gasteiger partial charge in [0, 0.05) is 32.0 Å². The van der Waals surface area contributed by atoms with Crippen LogP contribution < -0.4 is 4.90 Å². The standard InChI is InChI=1S/C13H22N4/c1-2-3-8-16-9-5-10-17(12-11-16)13-14-6-4-7-15-13/h4,6-7H,2-3,5,8-12H2,1H3. The highest BCUT2D eigenvalue weighted by Gasteiger charge is 2.15. The zero-order valence-electron chi connectivity index (χ0n) is 10.7. The van der Waals surface area contributed by atoms with Gasteiger partial charge in [-0.2, -0.15) is 0 Å². The van der Waals surface area contributed by atoms with Gasteiger partial charge in [0.2, 0.25) is 5.95 Å². The number of rotatable bonds is 4. The number of hydrogen-bond acceptors (Lipinski definition) is 4. The van der Waals surface area contributed by atoms with Crippen molar-refractivity contribution in [2.45, 2.75) is 26.2 Å². The largest absolute Gasteiger partial charge is 0.339 e. The first-order chi connectivity index (χ1) is 8.40. The normalized spacial score (nSPS) is 18.1. The molecule has 0 amide bonds. The molecule has 4 nitrogen and oxygen atoms in total. The lowest BCUT2D eigenvalue weighted by Crippen LogP contribution is -2.32. The molecule has 1 aromatic heterocycles. The van der Waals surface area contributed by atoms with Crippen molar-refractivity contribution in [3.05, 3.63) is 18.5 Å². The minimum Gasteiger partial charge on any atom is -0.339 e. The second-order valence-electron chi connectivity index (χ2n) is 4.58. The molecule has 0 aliphatic carbocycles. The van der Waals surface area contributed by atoms with Gasteiger partial charge in [-0.05, 0) is 32.0 Å². The van der Waals surface area contributed by atoms with Crippen LogP contribution in [-0.4, -0.2) is 47.6 Å². The van der Waals surface area contributed by atoms with Gasteiger partial charge in [0.15, 0.2) is 0 Å². The summed E-state index contributed by atoms with van der Waals surface area (Å²) in [4.78, 5) is 13.5. The van der Waals surface area contributed by atoms with Crippen molar-refractivity contribution in [1.29, 1.82) is 0 Å². The molecule has 0 unspecified atom stereocenters. The second kappa shape index (κ2) is 6.55. The molecule has 0 saturated carbocycles. The van der Waals surface area contributed by atoms with Gasteiger partial charge in [0.25, 0.3) is 0 Å². The van der Waals surface area contributed by atoms with Crippen LogP contribution in [0.15, 0.2) is 18.5 Å². The van der Waals surface area contributed by atoms with Crippen LogP contribution in [0.3, 0.4) is 0 Å². The van der Waals surface area contributed by atoms with E-state index in [4.69, 9.17) is 0 Å². The zero-order valence-corrected chi connectivity index (χ0v) is 10.7. The highest BCUT2D eigenvalue weighted by atomic mass is 15.3. The first kappa shape index (κ1) is 12.3. The molecule has 0 N–H and O–H groups in total. The molecule has 94 valence electrons. The zero-order chi connectivity index (χ0) is 11.9. The van der Waals surface area contributed by atoms with E-state index >= 15 is 0 Å². The molecule has 0 aromatic carbocycles. The third-order valence-corrected chi connectivity index (χ3v) is 3.25. The van der Waals surface area contributed by atoms with E-state index in [2.05, 4.69) is 26.7 Å². The molecule has 0 atom stereocenters. The molecule has 0 bridgehead atoms. The van der Waals surface area contributed by atoms with Crippen LogP contribution in [0.5, 0.6) is 0 Å². The molecule has 1 saturated heterocycles. The van der Waals surface area contributed by atoms with Crippen LogP contribution in [0.2, 0.25) is 0 Å². The highest BCUT2D eigenvalue weighted by molar-refractivity contribution is 5.28. The summed E-state index contributed by atoms with van der Waals surface area (Å²) >= 11 is 0. The number of nitrogens with zero attached hydrogens (tertiary/aromatic N) is 4. The Hall–Kier alpha value is -1.16. The lowest BCUT2D eigenvalue weighted by atomic mass is 10.3. The van der Waals surface area contributed by atoms with Gasteiger partial charge >= 0.3 is 0 Å². The maximum atomic E-state index is 4.33. The van der Waals surface area contributed by atoms with Crippen LogP contribution in [0, 0.1) is 0 Å². The lowest BCUT2D eigenvalue weighted by molar-refractivity contribution is 0.289. The van der Waals surface area contributed by atoms with E-state index in [9.17, 15) is 0 Å². The summed E-state index contributed by atoms with van der Waals surface area (Å²) in [5.41, 5.74) is 0. The second-order valence-corrected chi connectivity index (χ2v) is 4.58. The van der Waals surface area contributed by atoms with Gasteiger partial charge in [0.1, 0.15) is 0 Å². The van der Waals surface area contributed by atoms with Gasteiger partial charge in [-0.1, -0.05) is 13.3 Å². The summed E-state index contributed by atoms with van der Waals surface area (Å²) in [7, 11) is 0. The average Bonchev–Trinajstić information content (AvgIpc) is 2.63. The van der Waals surface area contributed by atoms with Crippen LogP contribution in [-0.2, 0) is 0 Å². The third kappa shape index (κ3) is 3.66. The van der Waals surface area contributed by atoms with E-state index in [1.807, 2.05) is 18.5 Å². The summed E-state index contributed by atoms with van der Waals surface area (Å²) in [6.45, 7) is 7.96. The Morgan fingerprint density at radius 2 is 1.94 bits per heavy atom. The Labute approximate surface area is 104 Å². The number of anilines is 1. The molecule has 1 fully saturated rings. The van der Waals surface area contributed by atoms with E-state index in [0.717, 1.165) is 25.6 Å². The van der Waals surface area contributed by atoms with Crippen molar-refractivity contribution < 1.29 is 0 Å². The first-order valence-electron chi connectivity index (χ1n) is 6.64. The van der Waals surface area contributed by atoms with E-state index in [1.165, 1.54) is 32.4 Å². The van der Waals surface area contributed by atoms with Crippen molar-refractivity contribution in [1.82, 2.24) is 14.9 Å². The summed E-state index contributed by atoms with van der Waals surface area (Å²) in [6, 6.07) is 1.87. The Bertz CT molecular complexity index is 314. The predicted molar refractivity (Wildman–Crippen MR) is 70.2 cm³/mol.